The van der Waals surface area contributed by atoms with Gasteiger partial charge in [-0.25, -0.2) is 4.39 Å². The van der Waals surface area contributed by atoms with Crippen LogP contribution in [0.5, 0.6) is 0 Å². The molecule has 0 aliphatic carbocycles. The molecule has 1 unspecified atom stereocenters. The molecule has 0 spiro atoms. The molecule has 2 heterocycles. The molecule has 15 heavy (non-hydrogen) atoms. The summed E-state index contributed by atoms with van der Waals surface area (Å²) in [6.45, 7) is 4.30. The number of halogens is 1. The summed E-state index contributed by atoms with van der Waals surface area (Å²) < 4.78 is 16.1. The second kappa shape index (κ2) is 4.31. The van der Waals surface area contributed by atoms with E-state index in [1.165, 1.54) is 0 Å². The predicted molar refractivity (Wildman–Crippen MR) is 57.5 cm³/mol. The van der Waals surface area contributed by atoms with Gasteiger partial charge in [0, 0.05) is 25.7 Å². The minimum atomic E-state index is -1.07. The van der Waals surface area contributed by atoms with Crippen LogP contribution in [0.25, 0.3) is 0 Å². The van der Waals surface area contributed by atoms with Gasteiger partial charge in [0.05, 0.1) is 6.20 Å². The lowest BCUT2D eigenvalue weighted by molar-refractivity contribution is 0.122. The molecule has 0 saturated carbocycles. The topological polar surface area (TPSA) is 29.9 Å². The molecule has 1 fully saturated rings. The average Bonchev–Trinajstić information content (AvgIpc) is 2.66. The number of hydrogen-bond donors (Lipinski definition) is 1. The van der Waals surface area contributed by atoms with Gasteiger partial charge in [-0.2, -0.15) is 5.10 Å². The van der Waals surface area contributed by atoms with E-state index >= 15 is 0 Å². The van der Waals surface area contributed by atoms with Crippen LogP contribution in [0.1, 0.15) is 25.3 Å². The van der Waals surface area contributed by atoms with Crippen molar-refractivity contribution in [2.24, 2.45) is 0 Å². The van der Waals surface area contributed by atoms with Crippen LogP contribution < -0.4 is 5.32 Å². The number of hydrogen-bond acceptors (Lipinski definition) is 2. The fraction of sp³-hybridized carbons (Fsp3) is 0.727. The van der Waals surface area contributed by atoms with E-state index < -0.39 is 5.67 Å². The van der Waals surface area contributed by atoms with Crippen LogP contribution in [0.3, 0.4) is 0 Å². The second-order valence-electron chi connectivity index (χ2n) is 4.31. The van der Waals surface area contributed by atoms with Crippen molar-refractivity contribution in [2.45, 2.75) is 38.4 Å². The third-order valence-electron chi connectivity index (χ3n) is 2.95. The monoisotopic (exact) mass is 211 g/mol. The van der Waals surface area contributed by atoms with E-state index in [-0.39, 0.29) is 0 Å². The lowest BCUT2D eigenvalue weighted by Crippen LogP contribution is -2.43. The highest BCUT2D eigenvalue weighted by atomic mass is 19.1. The quantitative estimate of drug-likeness (QED) is 0.822. The Kier molecular flexibility index (Phi) is 3.05. The summed E-state index contributed by atoms with van der Waals surface area (Å²) in [7, 11) is 0. The maximum atomic E-state index is 14.3. The number of nitrogens with one attached hydrogen (secondary N) is 1. The lowest BCUT2D eigenvalue weighted by atomic mass is 9.90. The van der Waals surface area contributed by atoms with Crippen LogP contribution in [0.15, 0.2) is 12.4 Å². The van der Waals surface area contributed by atoms with Crippen LogP contribution in [0, 0.1) is 0 Å². The van der Waals surface area contributed by atoms with Gasteiger partial charge in [0.1, 0.15) is 5.67 Å². The fourth-order valence-corrected chi connectivity index (χ4v) is 2.12. The molecule has 1 saturated heterocycles. The highest BCUT2D eigenvalue weighted by Gasteiger charge is 2.32. The standard InChI is InChI=1S/C11H18FN3/c1-2-15-8-10(7-14-15)6-11(12)4-3-5-13-9-11/h7-8,13H,2-6,9H2,1H3. The minimum absolute atomic E-state index is 0.476. The van der Waals surface area contributed by atoms with E-state index in [4.69, 9.17) is 0 Å². The molecule has 3 nitrogen and oxygen atoms in total. The third-order valence-corrected chi connectivity index (χ3v) is 2.95. The van der Waals surface area contributed by atoms with E-state index in [9.17, 15) is 4.39 Å². The molecule has 0 amide bonds. The molecule has 84 valence electrons. The van der Waals surface area contributed by atoms with Crippen LogP contribution in [-0.4, -0.2) is 28.5 Å². The Labute approximate surface area is 89.7 Å². The van der Waals surface area contributed by atoms with Gasteiger partial charge in [-0.1, -0.05) is 0 Å². The summed E-state index contributed by atoms with van der Waals surface area (Å²) in [5, 5.41) is 7.28. The molecular formula is C11H18FN3. The zero-order valence-electron chi connectivity index (χ0n) is 9.17. The number of alkyl halides is 1. The summed E-state index contributed by atoms with van der Waals surface area (Å²) in [5.41, 5.74) is -0.0668. The normalized spacial score (nSPS) is 26.8. The molecule has 1 aromatic rings. The minimum Gasteiger partial charge on any atom is -0.314 e. The summed E-state index contributed by atoms with van der Waals surface area (Å²) in [5.74, 6) is 0. The first-order valence-corrected chi connectivity index (χ1v) is 5.63. The van der Waals surface area contributed by atoms with Gasteiger partial charge < -0.3 is 5.32 Å². The van der Waals surface area contributed by atoms with Gasteiger partial charge in [0.15, 0.2) is 0 Å². The van der Waals surface area contributed by atoms with Crippen LogP contribution in [0.4, 0.5) is 4.39 Å². The molecule has 2 rings (SSSR count). The zero-order valence-corrected chi connectivity index (χ0v) is 9.17. The Bertz CT molecular complexity index is 315. The molecule has 4 heteroatoms. The van der Waals surface area contributed by atoms with E-state index in [0.29, 0.717) is 19.4 Å². The van der Waals surface area contributed by atoms with Gasteiger partial charge in [0.25, 0.3) is 0 Å². The second-order valence-corrected chi connectivity index (χ2v) is 4.31. The number of piperidine rings is 1. The first-order chi connectivity index (χ1) is 7.22. The van der Waals surface area contributed by atoms with Crippen LogP contribution in [0.2, 0.25) is 0 Å². The highest BCUT2D eigenvalue weighted by Crippen LogP contribution is 2.25. The van der Waals surface area contributed by atoms with Crippen molar-refractivity contribution >= 4 is 0 Å². The molecule has 1 atom stereocenters. The Morgan fingerprint density at radius 1 is 1.67 bits per heavy atom. The number of aryl methyl sites for hydroxylation is 1. The average molecular weight is 211 g/mol. The Balaban J connectivity index is 2.00. The Hall–Kier alpha value is -0.900. The van der Waals surface area contributed by atoms with Crippen molar-refractivity contribution in [2.75, 3.05) is 13.1 Å². The maximum Gasteiger partial charge on any atom is 0.127 e. The summed E-state index contributed by atoms with van der Waals surface area (Å²) in [6.07, 6.45) is 5.80. The zero-order chi connectivity index (χ0) is 10.7. The van der Waals surface area contributed by atoms with Gasteiger partial charge >= 0.3 is 0 Å². The van der Waals surface area contributed by atoms with Crippen LogP contribution >= 0.6 is 0 Å². The Morgan fingerprint density at radius 3 is 3.13 bits per heavy atom. The van der Waals surface area contributed by atoms with Gasteiger partial charge in [-0.05, 0) is 31.9 Å². The third kappa shape index (κ3) is 2.56. The van der Waals surface area contributed by atoms with Gasteiger partial charge in [0.2, 0.25) is 0 Å². The molecule has 1 aliphatic heterocycles. The number of nitrogens with zero attached hydrogens (tertiary/aromatic N) is 2. The lowest BCUT2D eigenvalue weighted by Gasteiger charge is -2.29. The summed E-state index contributed by atoms with van der Waals surface area (Å²) in [4.78, 5) is 0. The largest absolute Gasteiger partial charge is 0.314 e. The molecule has 0 radical (unpaired) electrons. The first kappa shape index (κ1) is 10.6. The van der Waals surface area contributed by atoms with Crippen molar-refractivity contribution in [1.82, 2.24) is 15.1 Å². The summed E-state index contributed by atoms with van der Waals surface area (Å²) in [6, 6.07) is 0. The van der Waals surface area contributed by atoms with Crippen molar-refractivity contribution in [3.8, 4) is 0 Å². The van der Waals surface area contributed by atoms with Crippen molar-refractivity contribution in [3.63, 3.8) is 0 Å². The molecule has 0 aromatic carbocycles. The molecule has 1 aliphatic rings. The number of rotatable bonds is 3. The molecular weight excluding hydrogens is 193 g/mol. The Morgan fingerprint density at radius 2 is 2.53 bits per heavy atom. The molecule has 1 N–H and O–H groups in total. The smallest absolute Gasteiger partial charge is 0.127 e. The first-order valence-electron chi connectivity index (χ1n) is 5.63. The van der Waals surface area contributed by atoms with E-state index in [1.54, 1.807) is 6.20 Å². The van der Waals surface area contributed by atoms with Gasteiger partial charge in [-0.3, -0.25) is 4.68 Å². The molecule has 1 aromatic heterocycles. The van der Waals surface area contributed by atoms with E-state index in [0.717, 1.165) is 25.1 Å². The maximum absolute atomic E-state index is 14.3. The van der Waals surface area contributed by atoms with E-state index in [2.05, 4.69) is 10.4 Å². The molecule has 0 bridgehead atoms. The fourth-order valence-electron chi connectivity index (χ4n) is 2.12. The van der Waals surface area contributed by atoms with E-state index in [1.807, 2.05) is 17.8 Å². The van der Waals surface area contributed by atoms with Gasteiger partial charge in [-0.15, -0.1) is 0 Å². The van der Waals surface area contributed by atoms with Crippen molar-refractivity contribution < 1.29 is 4.39 Å². The predicted octanol–water partition coefficient (Wildman–Crippen LogP) is 1.54. The van der Waals surface area contributed by atoms with Crippen molar-refractivity contribution in [1.29, 1.82) is 0 Å². The summed E-state index contributed by atoms with van der Waals surface area (Å²) >= 11 is 0. The van der Waals surface area contributed by atoms with Crippen LogP contribution in [-0.2, 0) is 13.0 Å². The SMILES string of the molecule is CCn1cc(CC2(F)CCCNC2)cn1. The van der Waals surface area contributed by atoms with Crippen molar-refractivity contribution in [3.05, 3.63) is 18.0 Å². The highest BCUT2D eigenvalue weighted by molar-refractivity contribution is 5.09. The number of aromatic nitrogens is 2.